The van der Waals surface area contributed by atoms with Crippen LogP contribution < -0.4 is 4.90 Å². The van der Waals surface area contributed by atoms with Crippen molar-refractivity contribution in [2.45, 2.75) is 32.1 Å². The van der Waals surface area contributed by atoms with Gasteiger partial charge in [0.1, 0.15) is 5.82 Å². The van der Waals surface area contributed by atoms with Crippen molar-refractivity contribution in [3.8, 4) is 16.8 Å². The van der Waals surface area contributed by atoms with E-state index >= 15 is 0 Å². The molecule has 0 bridgehead atoms. The Labute approximate surface area is 223 Å². The minimum atomic E-state index is -4.17. The Kier molecular flexibility index (Phi) is 7.54. The molecule has 38 heavy (non-hydrogen) atoms. The van der Waals surface area contributed by atoms with E-state index in [1.165, 1.54) is 12.1 Å². The zero-order chi connectivity index (χ0) is 27.6. The lowest BCUT2D eigenvalue weighted by molar-refractivity contribution is 0.172. The van der Waals surface area contributed by atoms with Gasteiger partial charge in [-0.1, -0.05) is 29.8 Å². The molecular formula is C28H31N5O4S. The van der Waals surface area contributed by atoms with Crippen LogP contribution in [-0.2, 0) is 16.4 Å². The predicted molar refractivity (Wildman–Crippen MR) is 147 cm³/mol. The molecule has 1 N–H and O–H groups in total. The van der Waals surface area contributed by atoms with Crippen LogP contribution in [0.25, 0.3) is 16.8 Å². The van der Waals surface area contributed by atoms with E-state index in [1.807, 2.05) is 87.0 Å². The van der Waals surface area contributed by atoms with Gasteiger partial charge in [-0.3, -0.25) is 0 Å². The monoisotopic (exact) mass is 533 g/mol. The number of carboxylic acid groups (broad SMARTS) is 1. The van der Waals surface area contributed by atoms with E-state index in [0.717, 1.165) is 45.1 Å². The van der Waals surface area contributed by atoms with Gasteiger partial charge in [0.25, 0.3) is 10.0 Å². The van der Waals surface area contributed by atoms with Crippen LogP contribution in [0.2, 0.25) is 0 Å². The molecule has 0 saturated heterocycles. The first kappa shape index (κ1) is 26.9. The van der Waals surface area contributed by atoms with Crippen molar-refractivity contribution in [2.24, 2.45) is 0 Å². The summed E-state index contributed by atoms with van der Waals surface area (Å²) in [5, 5.41) is 14.3. The van der Waals surface area contributed by atoms with Crippen molar-refractivity contribution in [3.05, 3.63) is 89.4 Å². The summed E-state index contributed by atoms with van der Waals surface area (Å²) in [4.78, 5) is 18.2. The number of amides is 1. The van der Waals surface area contributed by atoms with Crippen LogP contribution in [0.1, 0.15) is 22.5 Å². The van der Waals surface area contributed by atoms with Gasteiger partial charge in [-0.25, -0.2) is 27.2 Å². The Bertz CT molecular complexity index is 1540. The molecule has 0 saturated carbocycles. The highest BCUT2D eigenvalue weighted by Gasteiger charge is 2.28. The van der Waals surface area contributed by atoms with E-state index in [-0.39, 0.29) is 17.9 Å². The fourth-order valence-electron chi connectivity index (χ4n) is 4.30. The lowest BCUT2D eigenvalue weighted by atomic mass is 10.1. The maximum absolute atomic E-state index is 12.9. The first-order chi connectivity index (χ1) is 18.0. The van der Waals surface area contributed by atoms with Crippen molar-refractivity contribution in [2.75, 3.05) is 25.5 Å². The first-order valence-electron chi connectivity index (χ1n) is 12.1. The molecule has 4 rings (SSSR count). The normalized spacial score (nSPS) is 11.4. The third kappa shape index (κ3) is 5.40. The van der Waals surface area contributed by atoms with Gasteiger partial charge in [-0.2, -0.15) is 5.10 Å². The molecule has 0 atom stereocenters. The molecule has 9 nitrogen and oxygen atoms in total. The number of sulfonamides is 1. The Morgan fingerprint density at radius 2 is 1.61 bits per heavy atom. The summed E-state index contributed by atoms with van der Waals surface area (Å²) in [7, 11) is -0.274. The fraction of sp³-hybridized carbons (Fsp3) is 0.250. The number of anilines is 1. The number of aryl methyl sites for hydroxylation is 2. The predicted octanol–water partition coefficient (Wildman–Crippen LogP) is 4.84. The van der Waals surface area contributed by atoms with Gasteiger partial charge in [-0.15, -0.1) is 0 Å². The van der Waals surface area contributed by atoms with Crippen LogP contribution in [0, 0.1) is 20.8 Å². The van der Waals surface area contributed by atoms with E-state index < -0.39 is 16.1 Å². The van der Waals surface area contributed by atoms with Crippen molar-refractivity contribution in [3.63, 3.8) is 0 Å². The second-order valence-corrected chi connectivity index (χ2v) is 11.2. The number of aromatic nitrogens is 3. The van der Waals surface area contributed by atoms with E-state index in [1.54, 1.807) is 12.1 Å². The van der Waals surface area contributed by atoms with E-state index in [0.29, 0.717) is 4.31 Å². The number of nitrogens with zero attached hydrogens (tertiary/aromatic N) is 5. The standard InChI is InChI=1S/C28H31N5O4S/c1-19-6-13-25(14-7-19)38(36,37)32(28(34)35)17-16-22-8-11-24(12-9-22)33-21(3)27(20(2)30-33)23-10-15-26(29-18-23)31(4)5/h6-15,18H,16-17H2,1-5H3,(H,34,35). The van der Waals surface area contributed by atoms with Crippen molar-refractivity contribution >= 4 is 21.9 Å². The highest BCUT2D eigenvalue weighted by Crippen LogP contribution is 2.29. The van der Waals surface area contributed by atoms with Crippen molar-refractivity contribution in [1.29, 1.82) is 0 Å². The molecule has 0 aliphatic heterocycles. The Morgan fingerprint density at radius 3 is 2.16 bits per heavy atom. The molecule has 198 valence electrons. The molecule has 0 aliphatic rings. The topological polar surface area (TPSA) is 109 Å². The van der Waals surface area contributed by atoms with Crippen LogP contribution in [0.3, 0.4) is 0 Å². The average Bonchev–Trinajstić information content (AvgIpc) is 3.18. The summed E-state index contributed by atoms with van der Waals surface area (Å²) in [6.07, 6.45) is 0.577. The molecule has 0 radical (unpaired) electrons. The molecule has 0 spiro atoms. The molecule has 2 aromatic heterocycles. The van der Waals surface area contributed by atoms with E-state index in [2.05, 4.69) is 4.98 Å². The quantitative estimate of drug-likeness (QED) is 0.345. The smallest absolute Gasteiger partial charge is 0.421 e. The van der Waals surface area contributed by atoms with E-state index in [9.17, 15) is 18.3 Å². The van der Waals surface area contributed by atoms with Crippen LogP contribution >= 0.6 is 0 Å². The third-order valence-corrected chi connectivity index (χ3v) is 8.18. The fourth-order valence-corrected chi connectivity index (χ4v) is 5.57. The molecule has 0 fully saturated rings. The molecule has 0 unspecified atom stereocenters. The summed E-state index contributed by atoms with van der Waals surface area (Å²) >= 11 is 0. The lowest BCUT2D eigenvalue weighted by Gasteiger charge is -2.19. The molecule has 0 aliphatic carbocycles. The second-order valence-electron chi connectivity index (χ2n) is 9.35. The van der Waals surface area contributed by atoms with Gasteiger partial charge in [0, 0.05) is 43.7 Å². The summed E-state index contributed by atoms with van der Waals surface area (Å²) < 4.78 is 28.2. The average molecular weight is 534 g/mol. The molecular weight excluding hydrogens is 502 g/mol. The minimum Gasteiger partial charge on any atom is -0.464 e. The number of benzene rings is 2. The van der Waals surface area contributed by atoms with Crippen LogP contribution in [0.5, 0.6) is 0 Å². The van der Waals surface area contributed by atoms with E-state index in [4.69, 9.17) is 5.10 Å². The summed E-state index contributed by atoms with van der Waals surface area (Å²) in [6.45, 7) is 5.61. The Morgan fingerprint density at radius 1 is 0.947 bits per heavy atom. The lowest BCUT2D eigenvalue weighted by Crippen LogP contribution is -2.37. The van der Waals surface area contributed by atoms with Gasteiger partial charge in [-0.05, 0) is 69.2 Å². The first-order valence-corrected chi connectivity index (χ1v) is 13.5. The molecule has 1 amide bonds. The zero-order valence-electron chi connectivity index (χ0n) is 22.1. The SMILES string of the molecule is Cc1ccc(S(=O)(=O)N(CCc2ccc(-n3nc(C)c(-c4ccc(N(C)C)nc4)c3C)cc2)C(=O)O)cc1. The summed E-state index contributed by atoms with van der Waals surface area (Å²) in [5.74, 6) is 0.875. The summed E-state index contributed by atoms with van der Waals surface area (Å²) in [6, 6.07) is 17.6. The van der Waals surface area contributed by atoms with Gasteiger partial charge >= 0.3 is 6.09 Å². The second kappa shape index (κ2) is 10.7. The highest BCUT2D eigenvalue weighted by atomic mass is 32.2. The Hall–Kier alpha value is -4.18. The van der Waals surface area contributed by atoms with Crippen LogP contribution in [-0.4, -0.2) is 59.3 Å². The van der Waals surface area contributed by atoms with Crippen molar-refractivity contribution in [1.82, 2.24) is 19.1 Å². The largest absolute Gasteiger partial charge is 0.464 e. The van der Waals surface area contributed by atoms with Crippen LogP contribution in [0.15, 0.2) is 71.8 Å². The Balaban J connectivity index is 1.52. The van der Waals surface area contributed by atoms with Gasteiger partial charge in [0.2, 0.25) is 0 Å². The summed E-state index contributed by atoms with van der Waals surface area (Å²) in [5.41, 5.74) is 6.40. The van der Waals surface area contributed by atoms with Crippen molar-refractivity contribution < 1.29 is 18.3 Å². The maximum atomic E-state index is 12.9. The third-order valence-electron chi connectivity index (χ3n) is 6.39. The zero-order valence-corrected chi connectivity index (χ0v) is 22.9. The van der Waals surface area contributed by atoms with Gasteiger partial charge in [0.05, 0.1) is 16.3 Å². The number of carbonyl (C=O) groups is 1. The minimum absolute atomic E-state index is 0.0484. The highest BCUT2D eigenvalue weighted by molar-refractivity contribution is 7.89. The number of hydrogen-bond donors (Lipinski definition) is 1. The maximum Gasteiger partial charge on any atom is 0.421 e. The van der Waals surface area contributed by atoms with Gasteiger partial charge < -0.3 is 10.0 Å². The molecule has 2 aromatic carbocycles. The molecule has 4 aromatic rings. The molecule has 2 heterocycles. The van der Waals surface area contributed by atoms with Gasteiger partial charge in [0.15, 0.2) is 0 Å². The molecule has 10 heteroatoms. The number of rotatable bonds is 8. The number of hydrogen-bond acceptors (Lipinski definition) is 6. The van der Waals surface area contributed by atoms with Crippen LogP contribution in [0.4, 0.5) is 10.6 Å². The number of pyridine rings is 1.